The molecule has 0 aliphatic carbocycles. The third-order valence-electron chi connectivity index (χ3n) is 5.61. The van der Waals surface area contributed by atoms with Gasteiger partial charge in [0, 0.05) is 32.4 Å². The molecule has 5 aromatic rings. The van der Waals surface area contributed by atoms with Crippen molar-refractivity contribution in [1.82, 2.24) is 25.0 Å². The highest BCUT2D eigenvalue weighted by Crippen LogP contribution is 2.30. The molecular weight excluding hydrogens is 428 g/mol. The number of aryl methyl sites for hydroxylation is 1. The first-order valence-corrected chi connectivity index (χ1v) is 11.1. The SMILES string of the molecule is Cc1noc2nc(-c3ccco3)cc(C(=O)N3CCN(c4nc5cccnc5s4)CC3)c12. The summed E-state index contributed by atoms with van der Waals surface area (Å²) in [7, 11) is 0. The van der Waals surface area contributed by atoms with Crippen molar-refractivity contribution in [1.29, 1.82) is 0 Å². The van der Waals surface area contributed by atoms with E-state index >= 15 is 0 Å². The number of carbonyl (C=O) groups excluding carboxylic acids is 1. The molecule has 0 unspecified atom stereocenters. The zero-order chi connectivity index (χ0) is 21.7. The van der Waals surface area contributed by atoms with Crippen molar-refractivity contribution < 1.29 is 13.7 Å². The number of furan rings is 1. The van der Waals surface area contributed by atoms with E-state index in [0.29, 0.717) is 60.0 Å². The van der Waals surface area contributed by atoms with Crippen LogP contribution in [0.1, 0.15) is 16.1 Å². The van der Waals surface area contributed by atoms with Crippen molar-refractivity contribution in [2.45, 2.75) is 6.92 Å². The summed E-state index contributed by atoms with van der Waals surface area (Å²) in [5, 5.41) is 5.60. The van der Waals surface area contributed by atoms with Gasteiger partial charge in [0.25, 0.3) is 11.6 Å². The number of aromatic nitrogens is 4. The van der Waals surface area contributed by atoms with E-state index in [9.17, 15) is 4.79 Å². The summed E-state index contributed by atoms with van der Waals surface area (Å²) >= 11 is 1.58. The highest BCUT2D eigenvalue weighted by molar-refractivity contribution is 7.21. The Kier molecular flexibility index (Phi) is 4.39. The highest BCUT2D eigenvalue weighted by atomic mass is 32.1. The molecule has 1 fully saturated rings. The number of thiazole rings is 1. The van der Waals surface area contributed by atoms with Gasteiger partial charge in [0.2, 0.25) is 0 Å². The number of rotatable bonds is 3. The van der Waals surface area contributed by atoms with E-state index in [1.807, 2.05) is 24.0 Å². The second-order valence-corrected chi connectivity index (χ2v) is 8.54. The van der Waals surface area contributed by atoms with Crippen molar-refractivity contribution in [2.75, 3.05) is 31.1 Å². The summed E-state index contributed by atoms with van der Waals surface area (Å²) in [6.07, 6.45) is 3.35. The number of pyridine rings is 2. The van der Waals surface area contributed by atoms with Gasteiger partial charge in [-0.3, -0.25) is 4.79 Å². The average molecular weight is 446 g/mol. The van der Waals surface area contributed by atoms with Gasteiger partial charge in [-0.25, -0.2) is 15.0 Å². The monoisotopic (exact) mass is 446 g/mol. The molecule has 0 N–H and O–H groups in total. The molecule has 1 saturated heterocycles. The van der Waals surface area contributed by atoms with Crippen LogP contribution in [0.25, 0.3) is 32.9 Å². The third kappa shape index (κ3) is 3.11. The first kappa shape index (κ1) is 18.9. The Hall–Kier alpha value is -3.79. The lowest BCUT2D eigenvalue weighted by atomic mass is 10.1. The van der Waals surface area contributed by atoms with Gasteiger partial charge in [0.15, 0.2) is 10.9 Å². The number of carbonyl (C=O) groups is 1. The Labute approximate surface area is 186 Å². The minimum absolute atomic E-state index is 0.0675. The summed E-state index contributed by atoms with van der Waals surface area (Å²) < 4.78 is 10.9. The summed E-state index contributed by atoms with van der Waals surface area (Å²) in [4.78, 5) is 32.1. The largest absolute Gasteiger partial charge is 0.463 e. The Bertz CT molecular complexity index is 1400. The van der Waals surface area contributed by atoms with Gasteiger partial charge in [-0.05, 0) is 37.3 Å². The third-order valence-corrected chi connectivity index (χ3v) is 6.65. The molecule has 0 bridgehead atoms. The normalized spacial score (nSPS) is 14.5. The lowest BCUT2D eigenvalue weighted by Gasteiger charge is -2.34. The maximum Gasteiger partial charge on any atom is 0.259 e. The smallest absolute Gasteiger partial charge is 0.259 e. The number of nitrogens with zero attached hydrogens (tertiary/aromatic N) is 6. The topological polar surface area (TPSA) is 101 Å². The average Bonchev–Trinajstić information content (AvgIpc) is 3.58. The molecule has 10 heteroatoms. The fraction of sp³-hybridized carbons (Fsp3) is 0.227. The number of amides is 1. The van der Waals surface area contributed by atoms with E-state index in [0.717, 1.165) is 15.5 Å². The molecule has 5 aromatic heterocycles. The predicted molar refractivity (Wildman–Crippen MR) is 120 cm³/mol. The molecule has 0 saturated carbocycles. The van der Waals surface area contributed by atoms with Crippen LogP contribution < -0.4 is 4.90 Å². The molecule has 0 radical (unpaired) electrons. The van der Waals surface area contributed by atoms with Gasteiger partial charge in [-0.1, -0.05) is 16.5 Å². The van der Waals surface area contributed by atoms with Gasteiger partial charge in [-0.2, -0.15) is 0 Å². The van der Waals surface area contributed by atoms with Crippen LogP contribution >= 0.6 is 11.3 Å². The second kappa shape index (κ2) is 7.41. The summed E-state index contributed by atoms with van der Waals surface area (Å²) in [5.74, 6) is 0.506. The van der Waals surface area contributed by atoms with Crippen molar-refractivity contribution in [3.8, 4) is 11.5 Å². The number of hydrogen-bond acceptors (Lipinski definition) is 9. The molecule has 6 rings (SSSR count). The molecule has 0 spiro atoms. The van der Waals surface area contributed by atoms with Gasteiger partial charge in [-0.15, -0.1) is 0 Å². The molecule has 9 nitrogen and oxygen atoms in total. The lowest BCUT2D eigenvalue weighted by Crippen LogP contribution is -2.48. The zero-order valence-corrected chi connectivity index (χ0v) is 18.0. The Morgan fingerprint density at radius 1 is 1.12 bits per heavy atom. The van der Waals surface area contributed by atoms with Gasteiger partial charge < -0.3 is 18.7 Å². The van der Waals surface area contributed by atoms with Crippen molar-refractivity contribution in [2.24, 2.45) is 0 Å². The van der Waals surface area contributed by atoms with E-state index in [4.69, 9.17) is 8.94 Å². The Morgan fingerprint density at radius 2 is 2.00 bits per heavy atom. The molecule has 6 heterocycles. The standard InChI is InChI=1S/C22H18N6O3S/c1-13-18-14(12-16(17-5-3-11-30-17)24-19(18)31-26-13)21(29)27-7-9-28(10-8-27)22-25-15-4-2-6-23-20(15)32-22/h2-6,11-12H,7-10H2,1H3. The molecule has 0 atom stereocenters. The van der Waals surface area contributed by atoms with Gasteiger partial charge in [0.05, 0.1) is 22.9 Å². The summed E-state index contributed by atoms with van der Waals surface area (Å²) in [5.41, 5.74) is 2.95. The maximum atomic E-state index is 13.5. The molecule has 32 heavy (non-hydrogen) atoms. The van der Waals surface area contributed by atoms with Crippen molar-refractivity contribution >= 4 is 43.8 Å². The van der Waals surface area contributed by atoms with Crippen LogP contribution in [0.4, 0.5) is 5.13 Å². The van der Waals surface area contributed by atoms with E-state index in [-0.39, 0.29) is 5.91 Å². The van der Waals surface area contributed by atoms with Crippen LogP contribution in [-0.4, -0.2) is 57.1 Å². The lowest BCUT2D eigenvalue weighted by molar-refractivity contribution is 0.0748. The minimum Gasteiger partial charge on any atom is -0.463 e. The van der Waals surface area contributed by atoms with Gasteiger partial charge in [0.1, 0.15) is 16.0 Å². The second-order valence-electron chi connectivity index (χ2n) is 7.58. The fourth-order valence-corrected chi connectivity index (χ4v) is 4.94. The minimum atomic E-state index is -0.0675. The molecule has 0 aromatic carbocycles. The van der Waals surface area contributed by atoms with E-state index in [1.165, 1.54) is 0 Å². The maximum absolute atomic E-state index is 13.5. The fourth-order valence-electron chi connectivity index (χ4n) is 3.98. The number of hydrogen-bond donors (Lipinski definition) is 0. The number of fused-ring (bicyclic) bond motifs is 2. The van der Waals surface area contributed by atoms with E-state index in [2.05, 4.69) is 25.0 Å². The number of anilines is 1. The van der Waals surface area contributed by atoms with Crippen molar-refractivity contribution in [3.05, 3.63) is 54.0 Å². The number of piperazine rings is 1. The summed E-state index contributed by atoms with van der Waals surface area (Å²) in [6.45, 7) is 4.40. The molecule has 1 aliphatic heterocycles. The van der Waals surface area contributed by atoms with E-state index < -0.39 is 0 Å². The van der Waals surface area contributed by atoms with Crippen LogP contribution in [0.5, 0.6) is 0 Å². The van der Waals surface area contributed by atoms with Crippen LogP contribution in [0, 0.1) is 6.92 Å². The molecule has 1 amide bonds. The van der Waals surface area contributed by atoms with Crippen LogP contribution in [0.2, 0.25) is 0 Å². The first-order valence-electron chi connectivity index (χ1n) is 10.2. The Balaban J connectivity index is 1.27. The van der Waals surface area contributed by atoms with Crippen molar-refractivity contribution in [3.63, 3.8) is 0 Å². The molecular formula is C22H18N6O3S. The Morgan fingerprint density at radius 3 is 2.78 bits per heavy atom. The highest BCUT2D eigenvalue weighted by Gasteiger charge is 2.27. The zero-order valence-electron chi connectivity index (χ0n) is 17.2. The van der Waals surface area contributed by atoms with E-state index in [1.54, 1.807) is 42.0 Å². The van der Waals surface area contributed by atoms with Crippen LogP contribution in [0.3, 0.4) is 0 Å². The van der Waals surface area contributed by atoms with Crippen LogP contribution in [-0.2, 0) is 0 Å². The first-order chi connectivity index (χ1) is 15.7. The molecule has 1 aliphatic rings. The predicted octanol–water partition coefficient (Wildman–Crippen LogP) is 3.76. The molecule has 160 valence electrons. The quantitative estimate of drug-likeness (QED) is 0.413. The summed E-state index contributed by atoms with van der Waals surface area (Å²) in [6, 6.07) is 9.21. The van der Waals surface area contributed by atoms with Crippen LogP contribution in [0.15, 0.2) is 51.7 Å². The van der Waals surface area contributed by atoms with Gasteiger partial charge >= 0.3 is 0 Å².